The molecule has 3 nitrogen and oxygen atoms in total. The molecule has 1 aliphatic heterocycles. The Balaban J connectivity index is 1.70. The van der Waals surface area contributed by atoms with Gasteiger partial charge in [-0.05, 0) is 38.6 Å². The molecular weight excluding hydrogens is 212 g/mol. The van der Waals surface area contributed by atoms with Crippen molar-refractivity contribution in [3.63, 3.8) is 0 Å². The smallest absolute Gasteiger partial charge is 0.224 e. The molecule has 17 heavy (non-hydrogen) atoms. The third-order valence-corrected chi connectivity index (χ3v) is 3.44. The summed E-state index contributed by atoms with van der Waals surface area (Å²) < 4.78 is 0. The van der Waals surface area contributed by atoms with Gasteiger partial charge in [-0.3, -0.25) is 4.79 Å². The Hall–Kier alpha value is -1.09. The van der Waals surface area contributed by atoms with E-state index in [1.165, 1.54) is 24.0 Å². The van der Waals surface area contributed by atoms with Crippen LogP contribution in [-0.4, -0.2) is 25.5 Å². The van der Waals surface area contributed by atoms with Crippen LogP contribution in [0, 0.1) is 0 Å². The highest BCUT2D eigenvalue weighted by Crippen LogP contribution is 2.19. The molecule has 0 atom stereocenters. The minimum Gasteiger partial charge on any atom is -0.352 e. The molecule has 1 amide bonds. The number of carbonyl (C=O) groups excluding carboxylic acids is 1. The zero-order valence-electron chi connectivity index (χ0n) is 10.4. The van der Waals surface area contributed by atoms with Crippen LogP contribution in [0.4, 0.5) is 0 Å². The molecule has 0 radical (unpaired) electrons. The first kappa shape index (κ1) is 12.4. The Morgan fingerprint density at radius 2 is 2.18 bits per heavy atom. The summed E-state index contributed by atoms with van der Waals surface area (Å²) >= 11 is 0. The second-order valence-corrected chi connectivity index (χ2v) is 4.88. The normalized spacial score (nSPS) is 20.5. The van der Waals surface area contributed by atoms with Crippen molar-refractivity contribution >= 4 is 5.91 Å². The van der Waals surface area contributed by atoms with Gasteiger partial charge in [0.25, 0.3) is 0 Å². The average Bonchev–Trinajstić information content (AvgIpc) is 2.39. The molecule has 0 spiro atoms. The lowest BCUT2D eigenvalue weighted by atomic mass is 9.97. The Morgan fingerprint density at radius 3 is 2.88 bits per heavy atom. The Morgan fingerprint density at radius 1 is 1.24 bits per heavy atom. The van der Waals surface area contributed by atoms with Crippen LogP contribution in [-0.2, 0) is 4.79 Å². The fourth-order valence-corrected chi connectivity index (χ4v) is 2.38. The number of hydrogen-bond donors (Lipinski definition) is 2. The van der Waals surface area contributed by atoms with E-state index in [9.17, 15) is 4.79 Å². The van der Waals surface area contributed by atoms with Gasteiger partial charge < -0.3 is 10.6 Å². The van der Waals surface area contributed by atoms with E-state index in [-0.39, 0.29) is 5.91 Å². The summed E-state index contributed by atoms with van der Waals surface area (Å²) in [7, 11) is 0. The summed E-state index contributed by atoms with van der Waals surface area (Å²) in [6.07, 6.45) is 10.9. The first-order valence-corrected chi connectivity index (χ1v) is 6.68. The molecule has 0 aromatic rings. The van der Waals surface area contributed by atoms with E-state index >= 15 is 0 Å². The van der Waals surface area contributed by atoms with Gasteiger partial charge in [-0.25, -0.2) is 0 Å². The second-order valence-electron chi connectivity index (χ2n) is 4.88. The number of carbonyl (C=O) groups is 1. The molecule has 0 saturated heterocycles. The zero-order chi connectivity index (χ0) is 11.9. The van der Waals surface area contributed by atoms with Crippen LogP contribution < -0.4 is 10.6 Å². The summed E-state index contributed by atoms with van der Waals surface area (Å²) in [5, 5.41) is 6.29. The SMILES string of the molecule is O=C(CC1=CCCCC1)NCC1=CCNCC1. The number of allylic oxidation sites excluding steroid dienone is 1. The van der Waals surface area contributed by atoms with Gasteiger partial charge >= 0.3 is 0 Å². The molecule has 0 bridgehead atoms. The molecule has 0 unspecified atom stereocenters. The first-order valence-electron chi connectivity index (χ1n) is 6.68. The number of amides is 1. The largest absolute Gasteiger partial charge is 0.352 e. The molecule has 0 aromatic heterocycles. The van der Waals surface area contributed by atoms with Gasteiger partial charge in [-0.15, -0.1) is 0 Å². The first-order chi connectivity index (χ1) is 8.34. The van der Waals surface area contributed by atoms with Gasteiger partial charge in [0.15, 0.2) is 0 Å². The number of rotatable bonds is 4. The molecule has 0 saturated carbocycles. The maximum Gasteiger partial charge on any atom is 0.224 e. The summed E-state index contributed by atoms with van der Waals surface area (Å²) in [5.74, 6) is 0.178. The average molecular weight is 234 g/mol. The third kappa shape index (κ3) is 4.35. The monoisotopic (exact) mass is 234 g/mol. The van der Waals surface area contributed by atoms with Crippen molar-refractivity contribution < 1.29 is 4.79 Å². The van der Waals surface area contributed by atoms with Crippen LogP contribution in [0.1, 0.15) is 38.5 Å². The zero-order valence-corrected chi connectivity index (χ0v) is 10.4. The van der Waals surface area contributed by atoms with Crippen LogP contribution in [0.3, 0.4) is 0 Å². The topological polar surface area (TPSA) is 41.1 Å². The van der Waals surface area contributed by atoms with E-state index < -0.39 is 0 Å². The van der Waals surface area contributed by atoms with Gasteiger partial charge in [0.1, 0.15) is 0 Å². The molecule has 0 aromatic carbocycles. The maximum atomic E-state index is 11.8. The van der Waals surface area contributed by atoms with Gasteiger partial charge in [0.2, 0.25) is 5.91 Å². The van der Waals surface area contributed by atoms with Crippen LogP contribution in [0.5, 0.6) is 0 Å². The van der Waals surface area contributed by atoms with E-state index in [1.807, 2.05) is 0 Å². The van der Waals surface area contributed by atoms with Crippen LogP contribution in [0.2, 0.25) is 0 Å². The fourth-order valence-electron chi connectivity index (χ4n) is 2.38. The minimum absolute atomic E-state index is 0.178. The van der Waals surface area contributed by atoms with Crippen molar-refractivity contribution in [3.05, 3.63) is 23.3 Å². The Kier molecular flexibility index (Phi) is 4.80. The molecule has 1 heterocycles. The lowest BCUT2D eigenvalue weighted by Crippen LogP contribution is -2.29. The summed E-state index contributed by atoms with van der Waals surface area (Å²) in [5.41, 5.74) is 2.68. The predicted octanol–water partition coefficient (Wildman–Crippen LogP) is 1.91. The van der Waals surface area contributed by atoms with E-state index in [0.717, 1.165) is 38.9 Å². The van der Waals surface area contributed by atoms with Crippen LogP contribution in [0.15, 0.2) is 23.3 Å². The van der Waals surface area contributed by atoms with Crippen molar-refractivity contribution in [3.8, 4) is 0 Å². The van der Waals surface area contributed by atoms with Crippen molar-refractivity contribution in [2.45, 2.75) is 38.5 Å². The molecule has 94 valence electrons. The van der Waals surface area contributed by atoms with Crippen LogP contribution >= 0.6 is 0 Å². The minimum atomic E-state index is 0.178. The van der Waals surface area contributed by atoms with Crippen molar-refractivity contribution in [2.24, 2.45) is 0 Å². The third-order valence-electron chi connectivity index (χ3n) is 3.44. The molecule has 2 rings (SSSR count). The highest BCUT2D eigenvalue weighted by molar-refractivity contribution is 5.78. The predicted molar refractivity (Wildman–Crippen MR) is 69.7 cm³/mol. The molecular formula is C14H22N2O. The second kappa shape index (κ2) is 6.60. The number of hydrogen-bond acceptors (Lipinski definition) is 2. The molecule has 1 aliphatic carbocycles. The number of nitrogens with one attached hydrogen (secondary N) is 2. The highest BCUT2D eigenvalue weighted by atomic mass is 16.1. The van der Waals surface area contributed by atoms with E-state index in [0.29, 0.717) is 6.42 Å². The standard InChI is InChI=1S/C14H22N2O/c17-14(10-12-4-2-1-3-5-12)16-11-13-6-8-15-9-7-13/h4,6,15H,1-3,5,7-11H2,(H,16,17). The van der Waals surface area contributed by atoms with Crippen molar-refractivity contribution in [1.82, 2.24) is 10.6 Å². The highest BCUT2D eigenvalue weighted by Gasteiger charge is 2.09. The van der Waals surface area contributed by atoms with Gasteiger partial charge in [-0.2, -0.15) is 0 Å². The molecule has 2 N–H and O–H groups in total. The lowest BCUT2D eigenvalue weighted by molar-refractivity contribution is -0.120. The quantitative estimate of drug-likeness (QED) is 0.730. The summed E-state index contributed by atoms with van der Waals surface area (Å²) in [4.78, 5) is 11.8. The molecule has 0 fully saturated rings. The van der Waals surface area contributed by atoms with E-state index in [4.69, 9.17) is 0 Å². The maximum absolute atomic E-state index is 11.8. The van der Waals surface area contributed by atoms with Gasteiger partial charge in [0.05, 0.1) is 0 Å². The van der Waals surface area contributed by atoms with Crippen molar-refractivity contribution in [1.29, 1.82) is 0 Å². The van der Waals surface area contributed by atoms with Crippen molar-refractivity contribution in [2.75, 3.05) is 19.6 Å². The summed E-state index contributed by atoms with van der Waals surface area (Å²) in [6.45, 7) is 2.71. The Labute approximate surface area is 103 Å². The van der Waals surface area contributed by atoms with Gasteiger partial charge in [-0.1, -0.05) is 23.3 Å². The van der Waals surface area contributed by atoms with Gasteiger partial charge in [0, 0.05) is 19.5 Å². The Bertz CT molecular complexity index is 331. The van der Waals surface area contributed by atoms with E-state index in [1.54, 1.807) is 0 Å². The fraction of sp³-hybridized carbons (Fsp3) is 0.643. The van der Waals surface area contributed by atoms with E-state index in [2.05, 4.69) is 22.8 Å². The molecule has 3 heteroatoms. The molecule has 2 aliphatic rings. The lowest BCUT2D eigenvalue weighted by Gasteiger charge is -2.16. The summed E-state index contributed by atoms with van der Waals surface area (Å²) in [6, 6.07) is 0. The van der Waals surface area contributed by atoms with Crippen LogP contribution in [0.25, 0.3) is 0 Å².